The zero-order chi connectivity index (χ0) is 20.0. The molecule has 0 saturated carbocycles. The Kier molecular flexibility index (Phi) is 4.62. The van der Waals surface area contributed by atoms with Gasteiger partial charge in [0, 0.05) is 49.5 Å². The van der Waals surface area contributed by atoms with Gasteiger partial charge in [0.1, 0.15) is 23.0 Å². The van der Waals surface area contributed by atoms with E-state index in [1.165, 1.54) is 6.42 Å². The summed E-state index contributed by atoms with van der Waals surface area (Å²) in [5.41, 5.74) is 1.54. The second kappa shape index (κ2) is 7.30. The molecule has 0 bridgehead atoms. The molecule has 1 amide bonds. The van der Waals surface area contributed by atoms with Gasteiger partial charge in [0.15, 0.2) is 0 Å². The maximum absolute atomic E-state index is 13.1. The Morgan fingerprint density at radius 2 is 2.03 bits per heavy atom. The second-order valence-corrected chi connectivity index (χ2v) is 8.38. The smallest absolute Gasteiger partial charge is 0.253 e. The van der Waals surface area contributed by atoms with Gasteiger partial charge in [-0.1, -0.05) is 0 Å². The molecule has 2 aromatic heterocycles. The lowest BCUT2D eigenvalue weighted by Crippen LogP contribution is -2.34. The van der Waals surface area contributed by atoms with Crippen LogP contribution in [0.25, 0.3) is 11.0 Å². The van der Waals surface area contributed by atoms with Gasteiger partial charge < -0.3 is 18.8 Å². The van der Waals surface area contributed by atoms with Gasteiger partial charge in [-0.3, -0.25) is 4.79 Å². The number of amides is 1. The van der Waals surface area contributed by atoms with Gasteiger partial charge >= 0.3 is 0 Å². The van der Waals surface area contributed by atoms with E-state index in [0.717, 1.165) is 60.9 Å². The van der Waals surface area contributed by atoms with Crippen molar-refractivity contribution in [3.63, 3.8) is 0 Å². The third-order valence-electron chi connectivity index (χ3n) is 6.22. The van der Waals surface area contributed by atoms with Crippen LogP contribution in [0.3, 0.4) is 0 Å². The normalized spacial score (nSPS) is 20.6. The van der Waals surface area contributed by atoms with Crippen LogP contribution in [0.5, 0.6) is 0 Å². The Labute approximate surface area is 170 Å². The number of aromatic nitrogens is 3. The predicted molar refractivity (Wildman–Crippen MR) is 110 cm³/mol. The first-order valence-electron chi connectivity index (χ1n) is 10.5. The molecular weight excluding hydrogens is 366 g/mol. The number of likely N-dealkylation sites (N-methyl/N-ethyl adjacent to an activating group) is 1. The van der Waals surface area contributed by atoms with Crippen LogP contribution in [0, 0.1) is 6.92 Å². The molecule has 1 atom stereocenters. The van der Waals surface area contributed by atoms with Crippen molar-refractivity contribution in [2.45, 2.75) is 38.6 Å². The summed E-state index contributed by atoms with van der Waals surface area (Å²) < 4.78 is 7.90. The van der Waals surface area contributed by atoms with Crippen molar-refractivity contribution in [3.8, 4) is 0 Å². The number of hydrogen-bond acceptors (Lipinski definition) is 5. The molecule has 1 saturated heterocycles. The summed E-state index contributed by atoms with van der Waals surface area (Å²) in [6.45, 7) is 6.22. The molecule has 0 radical (unpaired) electrons. The molecule has 4 heterocycles. The Hall–Kier alpha value is -2.67. The number of hydrogen-bond donors (Lipinski definition) is 0. The van der Waals surface area contributed by atoms with Crippen molar-refractivity contribution in [3.05, 3.63) is 47.2 Å². The fourth-order valence-electron chi connectivity index (χ4n) is 4.72. The number of piperidine rings is 1. The Morgan fingerprint density at radius 3 is 2.90 bits per heavy atom. The van der Waals surface area contributed by atoms with Crippen molar-refractivity contribution in [2.24, 2.45) is 0 Å². The van der Waals surface area contributed by atoms with E-state index in [1.807, 2.05) is 36.1 Å². The molecule has 5 rings (SSSR count). The SMILES string of the molecule is Cc1cc2cc(C(=O)N3CCc4nnc([C@@H]5CCCN(C)C5)n4CC3)ccc2o1. The summed E-state index contributed by atoms with van der Waals surface area (Å²) in [7, 11) is 2.17. The number of rotatable bonds is 2. The first-order chi connectivity index (χ1) is 14.1. The summed E-state index contributed by atoms with van der Waals surface area (Å²) in [5, 5.41) is 9.98. The quantitative estimate of drug-likeness (QED) is 0.670. The third-order valence-corrected chi connectivity index (χ3v) is 6.22. The van der Waals surface area contributed by atoms with Gasteiger partial charge in [-0.25, -0.2) is 0 Å². The highest BCUT2D eigenvalue weighted by molar-refractivity contribution is 5.97. The molecule has 29 heavy (non-hydrogen) atoms. The first-order valence-corrected chi connectivity index (χ1v) is 10.5. The van der Waals surface area contributed by atoms with E-state index < -0.39 is 0 Å². The van der Waals surface area contributed by atoms with Gasteiger partial charge in [0.05, 0.1) is 0 Å². The monoisotopic (exact) mass is 393 g/mol. The van der Waals surface area contributed by atoms with Gasteiger partial charge in [-0.05, 0) is 57.6 Å². The van der Waals surface area contributed by atoms with Crippen LogP contribution in [-0.2, 0) is 13.0 Å². The zero-order valence-corrected chi connectivity index (χ0v) is 17.1. The van der Waals surface area contributed by atoms with Crippen LogP contribution in [0.4, 0.5) is 0 Å². The van der Waals surface area contributed by atoms with E-state index in [9.17, 15) is 4.79 Å². The molecule has 7 heteroatoms. The molecular formula is C22H27N5O2. The van der Waals surface area contributed by atoms with E-state index in [0.29, 0.717) is 24.6 Å². The number of carbonyl (C=O) groups is 1. The minimum atomic E-state index is 0.0726. The highest BCUT2D eigenvalue weighted by Gasteiger charge is 2.28. The molecule has 0 unspecified atom stereocenters. The van der Waals surface area contributed by atoms with E-state index in [4.69, 9.17) is 4.42 Å². The highest BCUT2D eigenvalue weighted by atomic mass is 16.3. The van der Waals surface area contributed by atoms with E-state index in [1.54, 1.807) is 0 Å². The lowest BCUT2D eigenvalue weighted by molar-refractivity contribution is 0.0758. The molecule has 1 aromatic carbocycles. The van der Waals surface area contributed by atoms with Crippen molar-refractivity contribution in [1.82, 2.24) is 24.6 Å². The van der Waals surface area contributed by atoms with Gasteiger partial charge in [-0.15, -0.1) is 10.2 Å². The summed E-state index contributed by atoms with van der Waals surface area (Å²) in [5.74, 6) is 3.46. The average Bonchev–Trinajstić information content (AvgIpc) is 3.22. The van der Waals surface area contributed by atoms with Crippen LogP contribution >= 0.6 is 0 Å². The molecule has 3 aromatic rings. The number of carbonyl (C=O) groups excluding carboxylic acids is 1. The van der Waals surface area contributed by atoms with Crippen LogP contribution in [0.2, 0.25) is 0 Å². The van der Waals surface area contributed by atoms with Crippen LogP contribution in [0.15, 0.2) is 28.7 Å². The number of fused-ring (bicyclic) bond motifs is 2. The Morgan fingerprint density at radius 1 is 1.14 bits per heavy atom. The minimum absolute atomic E-state index is 0.0726. The van der Waals surface area contributed by atoms with Crippen molar-refractivity contribution in [2.75, 3.05) is 33.2 Å². The summed E-state index contributed by atoms with van der Waals surface area (Å²) in [6.07, 6.45) is 3.10. The Balaban J connectivity index is 1.34. The van der Waals surface area contributed by atoms with Crippen molar-refractivity contribution < 1.29 is 9.21 Å². The predicted octanol–water partition coefficient (Wildman–Crippen LogP) is 2.84. The van der Waals surface area contributed by atoms with Crippen molar-refractivity contribution >= 4 is 16.9 Å². The summed E-state index contributed by atoms with van der Waals surface area (Å²) >= 11 is 0. The average molecular weight is 393 g/mol. The topological polar surface area (TPSA) is 67.4 Å². The molecule has 152 valence electrons. The van der Waals surface area contributed by atoms with Gasteiger partial charge in [0.25, 0.3) is 5.91 Å². The number of nitrogens with zero attached hydrogens (tertiary/aromatic N) is 5. The first kappa shape index (κ1) is 18.4. The fourth-order valence-corrected chi connectivity index (χ4v) is 4.72. The summed E-state index contributed by atoms with van der Waals surface area (Å²) in [6, 6.07) is 7.66. The number of furan rings is 1. The van der Waals surface area contributed by atoms with E-state index in [2.05, 4.69) is 26.7 Å². The molecule has 0 aliphatic carbocycles. The maximum Gasteiger partial charge on any atom is 0.253 e. The highest BCUT2D eigenvalue weighted by Crippen LogP contribution is 2.27. The van der Waals surface area contributed by atoms with Crippen LogP contribution in [0.1, 0.15) is 46.5 Å². The molecule has 7 nitrogen and oxygen atoms in total. The molecule has 0 N–H and O–H groups in total. The van der Waals surface area contributed by atoms with Gasteiger partial charge in [-0.2, -0.15) is 0 Å². The molecule has 0 spiro atoms. The standard InChI is InChI=1S/C22H27N5O2/c1-15-12-18-13-16(5-6-19(18)29-15)22(28)26-9-7-20-23-24-21(27(20)11-10-26)17-4-3-8-25(2)14-17/h5-6,12-13,17H,3-4,7-11,14H2,1-2H3/t17-/m1/s1. The number of aryl methyl sites for hydroxylation is 1. The Bertz CT molecular complexity index is 1050. The lowest BCUT2D eigenvalue weighted by Gasteiger charge is -2.29. The minimum Gasteiger partial charge on any atom is -0.461 e. The second-order valence-electron chi connectivity index (χ2n) is 8.38. The largest absolute Gasteiger partial charge is 0.461 e. The third kappa shape index (κ3) is 3.44. The molecule has 2 aliphatic heterocycles. The lowest BCUT2D eigenvalue weighted by atomic mass is 9.97. The van der Waals surface area contributed by atoms with Crippen LogP contribution < -0.4 is 0 Å². The van der Waals surface area contributed by atoms with E-state index in [-0.39, 0.29) is 5.91 Å². The van der Waals surface area contributed by atoms with Crippen LogP contribution in [-0.4, -0.2) is 63.7 Å². The maximum atomic E-state index is 13.1. The number of likely N-dealkylation sites (tertiary alicyclic amines) is 1. The van der Waals surface area contributed by atoms with E-state index >= 15 is 0 Å². The van der Waals surface area contributed by atoms with Gasteiger partial charge in [0.2, 0.25) is 0 Å². The molecule has 1 fully saturated rings. The number of benzene rings is 1. The summed E-state index contributed by atoms with van der Waals surface area (Å²) in [4.78, 5) is 17.5. The molecule has 2 aliphatic rings. The zero-order valence-electron chi connectivity index (χ0n) is 17.1. The fraction of sp³-hybridized carbons (Fsp3) is 0.500. The van der Waals surface area contributed by atoms with Crippen molar-refractivity contribution in [1.29, 1.82) is 0 Å².